The Bertz CT molecular complexity index is 1520. The molecule has 6 rings (SSSR count). The number of sulfone groups is 1. The SMILES string of the molecule is CC1(O)CCN(C2CN(c3nc(N[C@H]4C[C@H](S(C)(=O)=O)C4)nc4c3cnn4-c3cccc(C(F)(F)F)c3)C2)CC1. The number of piperidine rings is 1. The third-order valence-electron chi connectivity index (χ3n) is 8.41. The zero-order valence-corrected chi connectivity index (χ0v) is 23.1. The van der Waals surface area contributed by atoms with Crippen molar-refractivity contribution in [2.24, 2.45) is 0 Å². The number of fused-ring (bicyclic) bond motifs is 1. The van der Waals surface area contributed by atoms with E-state index in [4.69, 9.17) is 4.98 Å². The summed E-state index contributed by atoms with van der Waals surface area (Å²) in [5, 5.41) is 18.1. The van der Waals surface area contributed by atoms with Crippen molar-refractivity contribution >= 4 is 32.6 Å². The molecule has 4 heterocycles. The van der Waals surface area contributed by atoms with E-state index >= 15 is 0 Å². The normalized spacial score (nSPS) is 24.1. The maximum atomic E-state index is 13.4. The van der Waals surface area contributed by atoms with Crippen molar-refractivity contribution < 1.29 is 26.7 Å². The van der Waals surface area contributed by atoms with Gasteiger partial charge in [-0.3, -0.25) is 4.90 Å². The summed E-state index contributed by atoms with van der Waals surface area (Å²) in [7, 11) is -3.13. The minimum atomic E-state index is -4.50. The number of aliphatic hydroxyl groups is 1. The first-order valence-corrected chi connectivity index (χ1v) is 15.3. The molecule has 1 aliphatic carbocycles. The lowest BCUT2D eigenvalue weighted by Crippen LogP contribution is -2.62. The minimum absolute atomic E-state index is 0.125. The molecule has 216 valence electrons. The van der Waals surface area contributed by atoms with Crippen molar-refractivity contribution in [1.29, 1.82) is 0 Å². The van der Waals surface area contributed by atoms with Gasteiger partial charge in [0.05, 0.1) is 33.7 Å². The first-order valence-electron chi connectivity index (χ1n) is 13.4. The summed E-state index contributed by atoms with van der Waals surface area (Å²) in [6, 6.07) is 5.11. The molecular weight excluding hydrogens is 547 g/mol. The van der Waals surface area contributed by atoms with Gasteiger partial charge in [-0.1, -0.05) is 6.07 Å². The largest absolute Gasteiger partial charge is 0.416 e. The van der Waals surface area contributed by atoms with Crippen LogP contribution in [0, 0.1) is 0 Å². The molecule has 14 heteroatoms. The monoisotopic (exact) mass is 579 g/mol. The molecule has 2 aromatic heterocycles. The Morgan fingerprint density at radius 3 is 2.48 bits per heavy atom. The number of nitrogens with zero attached hydrogens (tertiary/aromatic N) is 6. The van der Waals surface area contributed by atoms with E-state index in [9.17, 15) is 26.7 Å². The quantitative estimate of drug-likeness (QED) is 0.455. The van der Waals surface area contributed by atoms with E-state index in [1.807, 2.05) is 6.92 Å². The number of hydrogen-bond donors (Lipinski definition) is 2. The van der Waals surface area contributed by atoms with Gasteiger partial charge < -0.3 is 15.3 Å². The summed E-state index contributed by atoms with van der Waals surface area (Å²) >= 11 is 0. The fraction of sp³-hybridized carbons (Fsp3) is 0.577. The van der Waals surface area contributed by atoms with Crippen LogP contribution in [-0.4, -0.2) is 93.5 Å². The Balaban J connectivity index is 1.30. The molecule has 0 amide bonds. The Labute approximate surface area is 230 Å². The van der Waals surface area contributed by atoms with Crippen molar-refractivity contribution in [2.45, 2.75) is 61.7 Å². The van der Waals surface area contributed by atoms with E-state index in [-0.39, 0.29) is 17.7 Å². The molecule has 1 saturated carbocycles. The highest BCUT2D eigenvalue weighted by molar-refractivity contribution is 7.91. The van der Waals surface area contributed by atoms with Gasteiger partial charge in [-0.05, 0) is 50.8 Å². The van der Waals surface area contributed by atoms with Crippen molar-refractivity contribution in [1.82, 2.24) is 24.6 Å². The molecule has 3 aromatic rings. The molecule has 2 N–H and O–H groups in total. The van der Waals surface area contributed by atoms with Gasteiger partial charge in [-0.2, -0.15) is 28.2 Å². The van der Waals surface area contributed by atoms with E-state index in [0.717, 1.165) is 38.1 Å². The number of benzene rings is 1. The third-order valence-corrected chi connectivity index (χ3v) is 10.0. The van der Waals surface area contributed by atoms with Crippen LogP contribution >= 0.6 is 0 Å². The Hall–Kier alpha value is -2.97. The first-order chi connectivity index (χ1) is 18.8. The second-order valence-electron chi connectivity index (χ2n) is 11.6. The predicted molar refractivity (Wildman–Crippen MR) is 144 cm³/mol. The summed E-state index contributed by atoms with van der Waals surface area (Å²) in [5.74, 6) is 0.913. The van der Waals surface area contributed by atoms with Crippen LogP contribution in [-0.2, 0) is 16.0 Å². The van der Waals surface area contributed by atoms with Crippen molar-refractivity contribution in [2.75, 3.05) is 42.7 Å². The van der Waals surface area contributed by atoms with Gasteiger partial charge in [-0.25, -0.2) is 13.1 Å². The summed E-state index contributed by atoms with van der Waals surface area (Å²) in [5.41, 5.74) is -0.824. The molecule has 0 bridgehead atoms. The molecule has 0 spiro atoms. The van der Waals surface area contributed by atoms with Gasteiger partial charge in [0, 0.05) is 44.5 Å². The lowest BCUT2D eigenvalue weighted by Gasteiger charge is -2.49. The van der Waals surface area contributed by atoms with Gasteiger partial charge in [0.2, 0.25) is 5.95 Å². The Morgan fingerprint density at radius 1 is 1.12 bits per heavy atom. The fourth-order valence-electron chi connectivity index (χ4n) is 5.65. The van der Waals surface area contributed by atoms with Gasteiger partial charge in [-0.15, -0.1) is 0 Å². The van der Waals surface area contributed by atoms with Crippen molar-refractivity contribution in [3.05, 3.63) is 36.0 Å². The summed E-state index contributed by atoms with van der Waals surface area (Å²) in [6.45, 7) is 4.91. The highest BCUT2D eigenvalue weighted by atomic mass is 32.2. The van der Waals surface area contributed by atoms with E-state index in [0.29, 0.717) is 48.8 Å². The molecular formula is C26H32F3N7O3S. The van der Waals surface area contributed by atoms with Crippen LogP contribution in [0.1, 0.15) is 38.2 Å². The lowest BCUT2D eigenvalue weighted by atomic mass is 9.91. The number of hydrogen-bond acceptors (Lipinski definition) is 9. The van der Waals surface area contributed by atoms with E-state index in [2.05, 4.69) is 25.2 Å². The van der Waals surface area contributed by atoms with Gasteiger partial charge >= 0.3 is 6.18 Å². The average Bonchev–Trinajstić information content (AvgIpc) is 3.24. The van der Waals surface area contributed by atoms with Crippen LogP contribution in [0.25, 0.3) is 16.7 Å². The fourth-order valence-corrected chi connectivity index (χ4v) is 6.81. The summed E-state index contributed by atoms with van der Waals surface area (Å²) < 4.78 is 65.4. The van der Waals surface area contributed by atoms with Crippen molar-refractivity contribution in [3.8, 4) is 5.69 Å². The first kappa shape index (κ1) is 27.2. The zero-order chi connectivity index (χ0) is 28.4. The molecule has 0 radical (unpaired) electrons. The molecule has 1 aromatic carbocycles. The number of rotatable bonds is 6. The number of likely N-dealkylation sites (tertiary alicyclic amines) is 1. The van der Waals surface area contributed by atoms with Crippen LogP contribution in [0.2, 0.25) is 0 Å². The van der Waals surface area contributed by atoms with E-state index < -0.39 is 32.4 Å². The van der Waals surface area contributed by atoms with Crippen LogP contribution in [0.4, 0.5) is 24.9 Å². The van der Waals surface area contributed by atoms with Crippen LogP contribution < -0.4 is 10.2 Å². The predicted octanol–water partition coefficient (Wildman–Crippen LogP) is 2.86. The second kappa shape index (κ2) is 9.55. The second-order valence-corrected chi connectivity index (χ2v) is 13.9. The Morgan fingerprint density at radius 2 is 1.82 bits per heavy atom. The highest BCUT2D eigenvalue weighted by Crippen LogP contribution is 2.35. The molecule has 40 heavy (non-hydrogen) atoms. The molecule has 10 nitrogen and oxygen atoms in total. The zero-order valence-electron chi connectivity index (χ0n) is 22.3. The third kappa shape index (κ3) is 5.23. The smallest absolute Gasteiger partial charge is 0.390 e. The Kier molecular flexibility index (Phi) is 6.50. The van der Waals surface area contributed by atoms with Crippen LogP contribution in [0.5, 0.6) is 0 Å². The molecule has 3 fully saturated rings. The van der Waals surface area contributed by atoms with Gasteiger partial charge in [0.15, 0.2) is 5.65 Å². The van der Waals surface area contributed by atoms with Gasteiger partial charge in [0.25, 0.3) is 0 Å². The molecule has 3 aliphatic rings. The molecule has 2 saturated heterocycles. The number of aromatic nitrogens is 4. The maximum absolute atomic E-state index is 13.4. The summed E-state index contributed by atoms with van der Waals surface area (Å²) in [6.07, 6.45) is 0.611. The topological polar surface area (TPSA) is 116 Å². The number of anilines is 2. The number of nitrogens with one attached hydrogen (secondary N) is 1. The average molecular weight is 580 g/mol. The molecule has 0 atom stereocenters. The molecule has 2 aliphatic heterocycles. The van der Waals surface area contributed by atoms with E-state index in [1.54, 1.807) is 12.3 Å². The van der Waals surface area contributed by atoms with Crippen LogP contribution in [0.15, 0.2) is 30.5 Å². The van der Waals surface area contributed by atoms with Crippen molar-refractivity contribution in [3.63, 3.8) is 0 Å². The van der Waals surface area contributed by atoms with Gasteiger partial charge in [0.1, 0.15) is 15.7 Å². The number of halogens is 3. The highest BCUT2D eigenvalue weighted by Gasteiger charge is 2.39. The standard InChI is InChI=1S/C26H32F3N7O3S/c1-25(37)6-8-34(9-7-25)19-14-35(15-19)22-21-13-30-36(18-5-3-4-16(10-18)26(27,28)29)23(21)33-24(32-22)31-17-11-20(12-17)40(2,38)39/h3-5,10,13,17,19-20,37H,6-9,11-12,14-15H2,1-2H3,(H,31,32,33)/t17-,20-. The lowest BCUT2D eigenvalue weighted by molar-refractivity contribution is -0.137. The number of alkyl halides is 3. The summed E-state index contributed by atoms with van der Waals surface area (Å²) in [4.78, 5) is 13.9. The van der Waals surface area contributed by atoms with E-state index in [1.165, 1.54) is 17.0 Å². The van der Waals surface area contributed by atoms with Crippen LogP contribution in [0.3, 0.4) is 0 Å². The molecule has 0 unspecified atom stereocenters. The maximum Gasteiger partial charge on any atom is 0.416 e. The minimum Gasteiger partial charge on any atom is -0.390 e.